The number of rotatable bonds is 13. The van der Waals surface area contributed by atoms with Crippen LogP contribution in [-0.2, 0) is 34.0 Å². The van der Waals surface area contributed by atoms with Crippen LogP contribution in [0.15, 0.2) is 89.6 Å². The molecule has 3 amide bonds. The molecule has 1 aliphatic heterocycles. The van der Waals surface area contributed by atoms with E-state index in [1.54, 1.807) is 60.6 Å². The zero-order valence-corrected chi connectivity index (χ0v) is 31.2. The fourth-order valence-corrected chi connectivity index (χ4v) is 6.18. The molecule has 290 valence electrons. The number of halogens is 2. The summed E-state index contributed by atoms with van der Waals surface area (Å²) in [5.41, 5.74) is 2.20. The van der Waals surface area contributed by atoms with Gasteiger partial charge in [0, 0.05) is 50.0 Å². The molecule has 0 bridgehead atoms. The van der Waals surface area contributed by atoms with Crippen molar-refractivity contribution in [2.75, 3.05) is 36.4 Å². The topological polar surface area (TPSA) is 139 Å². The number of aryl methyl sites for hydroxylation is 1. The van der Waals surface area contributed by atoms with Gasteiger partial charge in [-0.3, -0.25) is 14.4 Å². The number of carbonyl (C=O) groups is 4. The molecule has 1 aromatic heterocycles. The number of amides is 3. The highest BCUT2D eigenvalue weighted by Crippen LogP contribution is 2.27. The summed E-state index contributed by atoms with van der Waals surface area (Å²) >= 11 is 0. The quantitative estimate of drug-likeness (QED) is 0.142. The van der Waals surface area contributed by atoms with Gasteiger partial charge in [0.05, 0.1) is 28.7 Å². The molecule has 2 atom stereocenters. The third-order valence-electron chi connectivity index (χ3n) is 9.38. The van der Waals surface area contributed by atoms with Crippen molar-refractivity contribution in [3.05, 3.63) is 118 Å². The van der Waals surface area contributed by atoms with Crippen LogP contribution in [-0.4, -0.2) is 66.1 Å². The molecular formula is C41H45F2N5O7. The lowest BCUT2D eigenvalue weighted by atomic mass is 10.00. The van der Waals surface area contributed by atoms with Gasteiger partial charge in [-0.15, -0.1) is 0 Å². The number of anilines is 2. The number of aromatic nitrogens is 1. The van der Waals surface area contributed by atoms with E-state index in [-0.39, 0.29) is 43.2 Å². The molecule has 0 saturated carbocycles. The van der Waals surface area contributed by atoms with Gasteiger partial charge in [-0.2, -0.15) is 0 Å². The van der Waals surface area contributed by atoms with Crippen LogP contribution in [0.25, 0.3) is 10.9 Å². The summed E-state index contributed by atoms with van der Waals surface area (Å²) in [6.45, 7) is 8.63. The van der Waals surface area contributed by atoms with E-state index in [0.717, 1.165) is 11.6 Å². The van der Waals surface area contributed by atoms with E-state index in [1.807, 2.05) is 37.3 Å². The molecule has 0 unspecified atom stereocenters. The van der Waals surface area contributed by atoms with E-state index in [2.05, 4.69) is 10.6 Å². The van der Waals surface area contributed by atoms with E-state index in [0.29, 0.717) is 48.4 Å². The van der Waals surface area contributed by atoms with Crippen molar-refractivity contribution in [3.63, 3.8) is 0 Å². The molecule has 12 nitrogen and oxygen atoms in total. The summed E-state index contributed by atoms with van der Waals surface area (Å²) in [4.78, 5) is 65.5. The van der Waals surface area contributed by atoms with Crippen molar-refractivity contribution in [1.82, 2.24) is 14.8 Å². The average Bonchev–Trinajstić information content (AvgIpc) is 3.19. The van der Waals surface area contributed by atoms with Gasteiger partial charge in [0.25, 0.3) is 0 Å². The number of ether oxygens (including phenoxy) is 2. The number of aldehydes is 1. The summed E-state index contributed by atoms with van der Waals surface area (Å²) in [5, 5.41) is 5.42. The smallest absolute Gasteiger partial charge is 0.410 e. The lowest BCUT2D eigenvalue weighted by Crippen LogP contribution is -2.49. The highest BCUT2D eigenvalue weighted by Gasteiger charge is 2.26. The molecule has 1 saturated heterocycles. The van der Waals surface area contributed by atoms with Gasteiger partial charge in [-0.1, -0.05) is 56.3 Å². The normalized spacial score (nSPS) is 14.3. The highest BCUT2D eigenvalue weighted by molar-refractivity contribution is 5.93. The second-order valence-corrected chi connectivity index (χ2v) is 13.6. The van der Waals surface area contributed by atoms with Gasteiger partial charge in [-0.25, -0.2) is 18.4 Å². The van der Waals surface area contributed by atoms with Crippen molar-refractivity contribution in [2.24, 2.45) is 11.8 Å². The van der Waals surface area contributed by atoms with E-state index < -0.39 is 47.1 Å². The van der Waals surface area contributed by atoms with E-state index in [9.17, 15) is 24.0 Å². The molecule has 5 rings (SSSR count). The Balaban J connectivity index is 1.09. The zero-order valence-electron chi connectivity index (χ0n) is 31.2. The van der Waals surface area contributed by atoms with Gasteiger partial charge in [0.2, 0.25) is 5.91 Å². The van der Waals surface area contributed by atoms with Crippen LogP contribution in [0.4, 0.5) is 29.7 Å². The Morgan fingerprint density at radius 1 is 0.909 bits per heavy atom. The van der Waals surface area contributed by atoms with Crippen LogP contribution in [0.5, 0.6) is 0 Å². The predicted octanol–water partition coefficient (Wildman–Crippen LogP) is 6.81. The summed E-state index contributed by atoms with van der Waals surface area (Å²) < 4.78 is 43.0. The molecule has 0 spiro atoms. The number of fused-ring (bicyclic) bond motifs is 1. The number of carbonyl (C=O) groups excluding carboxylic acids is 4. The lowest BCUT2D eigenvalue weighted by molar-refractivity contribution is -0.118. The van der Waals surface area contributed by atoms with Crippen LogP contribution in [0.3, 0.4) is 0 Å². The number of alkyl carbamates (subject to hydrolysis) is 1. The maximum Gasteiger partial charge on any atom is 0.410 e. The lowest BCUT2D eigenvalue weighted by Gasteiger charge is -2.35. The van der Waals surface area contributed by atoms with Crippen molar-refractivity contribution in [3.8, 4) is 0 Å². The fourth-order valence-electron chi connectivity index (χ4n) is 6.18. The first-order valence-corrected chi connectivity index (χ1v) is 18.1. The molecule has 1 fully saturated rings. The molecule has 55 heavy (non-hydrogen) atoms. The fraction of sp³-hybridized carbons (Fsp3) is 0.341. The molecular weight excluding hydrogens is 712 g/mol. The number of nitrogens with one attached hydrogen (secondary N) is 2. The van der Waals surface area contributed by atoms with Crippen molar-refractivity contribution in [2.45, 2.75) is 53.5 Å². The third-order valence-corrected chi connectivity index (χ3v) is 9.38. The number of benzene rings is 3. The number of piperazine rings is 1. The van der Waals surface area contributed by atoms with Crippen LogP contribution in [0.2, 0.25) is 0 Å². The summed E-state index contributed by atoms with van der Waals surface area (Å²) in [5.74, 6) is -2.89. The SMILES string of the molecule is CCn1cc(C=O)c(=O)c2cc(F)c(N3CCN(C(=O)OCc4ccc(NC(=O)[C@H](C)/C=C(\F)[C@@H](NC(=O)OCc5ccccc5)C(C)C)cc4)CC3)cc21. The molecule has 14 heteroatoms. The van der Waals surface area contributed by atoms with Gasteiger partial charge in [0.1, 0.15) is 24.9 Å². The number of nitrogens with zero attached hydrogens (tertiary/aromatic N) is 3. The van der Waals surface area contributed by atoms with Gasteiger partial charge >= 0.3 is 12.2 Å². The maximum absolute atomic E-state index is 15.3. The van der Waals surface area contributed by atoms with Gasteiger partial charge in [-0.05, 0) is 61.2 Å². The average molecular weight is 758 g/mol. The molecule has 4 aromatic rings. The first-order valence-electron chi connectivity index (χ1n) is 18.1. The Kier molecular flexibility index (Phi) is 13.4. The van der Waals surface area contributed by atoms with Crippen LogP contribution >= 0.6 is 0 Å². The third kappa shape index (κ3) is 10.1. The number of pyridine rings is 1. The molecule has 0 radical (unpaired) electrons. The van der Waals surface area contributed by atoms with E-state index >= 15 is 8.78 Å². The Morgan fingerprint density at radius 2 is 1.56 bits per heavy atom. The standard InChI is InChI=1S/C41H45F2N5O7/c1-5-46-22-30(23-49)38(50)32-20-33(42)36(21-35(32)46)47-15-17-48(18-16-47)41(53)55-25-29-11-13-31(14-12-29)44-39(51)27(4)19-34(43)37(26(2)3)45-40(52)54-24-28-9-7-6-8-10-28/h6-14,19-23,26-27,37H,5,15-18,24-25H2,1-4H3,(H,44,51)(H,45,52)/b34-19-/t27-,37+/m1/s1. The Bertz CT molecular complexity index is 2100. The van der Waals surface area contributed by atoms with Crippen molar-refractivity contribution in [1.29, 1.82) is 0 Å². The minimum absolute atomic E-state index is 0.0222. The molecule has 0 aliphatic carbocycles. The molecule has 2 heterocycles. The minimum Gasteiger partial charge on any atom is -0.445 e. The van der Waals surface area contributed by atoms with Crippen molar-refractivity contribution >= 4 is 46.7 Å². The van der Waals surface area contributed by atoms with Crippen molar-refractivity contribution < 1.29 is 37.4 Å². The molecule has 3 aromatic carbocycles. The maximum atomic E-state index is 15.3. The number of hydrogen-bond donors (Lipinski definition) is 2. The Hall–Kier alpha value is -6.05. The summed E-state index contributed by atoms with van der Waals surface area (Å²) in [6.07, 6.45) is 1.81. The highest BCUT2D eigenvalue weighted by atomic mass is 19.1. The summed E-state index contributed by atoms with van der Waals surface area (Å²) in [7, 11) is 0. The van der Waals surface area contributed by atoms with Gasteiger partial charge in [0.15, 0.2) is 11.7 Å². The van der Waals surface area contributed by atoms with Crippen LogP contribution in [0, 0.1) is 17.7 Å². The number of hydrogen-bond acceptors (Lipinski definition) is 8. The van der Waals surface area contributed by atoms with E-state index in [4.69, 9.17) is 9.47 Å². The first kappa shape index (κ1) is 40.1. The van der Waals surface area contributed by atoms with Crippen LogP contribution < -0.4 is 21.0 Å². The minimum atomic E-state index is -0.987. The zero-order chi connectivity index (χ0) is 39.6. The Morgan fingerprint density at radius 3 is 2.20 bits per heavy atom. The monoisotopic (exact) mass is 757 g/mol. The van der Waals surface area contributed by atoms with E-state index in [1.165, 1.54) is 17.2 Å². The second-order valence-electron chi connectivity index (χ2n) is 13.6. The second kappa shape index (κ2) is 18.3. The Labute approximate surface area is 317 Å². The predicted molar refractivity (Wildman–Crippen MR) is 205 cm³/mol. The van der Waals surface area contributed by atoms with Crippen LogP contribution in [0.1, 0.15) is 49.2 Å². The summed E-state index contributed by atoms with van der Waals surface area (Å²) in [6, 6.07) is 17.6. The largest absolute Gasteiger partial charge is 0.445 e. The first-order chi connectivity index (χ1) is 26.4. The molecule has 2 N–H and O–H groups in total. The van der Waals surface area contributed by atoms with Gasteiger partial charge < -0.3 is 34.5 Å². The molecule has 1 aliphatic rings.